The number of hydrogen-bond donors (Lipinski definition) is 4. The van der Waals surface area contributed by atoms with Crippen LogP contribution in [-0.2, 0) is 9.30 Å². The maximum Gasteiger partial charge on any atom is 0.507 e. The lowest BCUT2D eigenvalue weighted by Crippen LogP contribution is -2.52. The minimum absolute atomic E-state index is 0.151. The van der Waals surface area contributed by atoms with Crippen LogP contribution < -0.4 is 5.32 Å². The van der Waals surface area contributed by atoms with Gasteiger partial charge in [-0.15, -0.1) is 0 Å². The van der Waals surface area contributed by atoms with Crippen LogP contribution in [0.5, 0.6) is 0 Å². The van der Waals surface area contributed by atoms with Crippen molar-refractivity contribution in [3.05, 3.63) is 0 Å². The molecule has 100 valence electrons. The van der Waals surface area contributed by atoms with Crippen LogP contribution in [0.4, 0.5) is 4.79 Å². The van der Waals surface area contributed by atoms with E-state index in [0.29, 0.717) is 32.6 Å². The normalized spacial score (nSPS) is 22.4. The van der Waals surface area contributed by atoms with Crippen LogP contribution in [0, 0.1) is 0 Å². The molecular formula is C8H17N2O6P. The Kier molecular flexibility index (Phi) is 5.35. The number of carboxylic acid groups (broad SMARTS) is 1. The zero-order valence-corrected chi connectivity index (χ0v) is 10.2. The molecule has 1 saturated heterocycles. The molecule has 9 heteroatoms. The van der Waals surface area contributed by atoms with E-state index in [1.165, 1.54) is 0 Å². The van der Waals surface area contributed by atoms with E-state index in [4.69, 9.17) is 14.9 Å². The second kappa shape index (κ2) is 6.32. The third-order valence-corrected chi connectivity index (χ3v) is 3.29. The van der Waals surface area contributed by atoms with Gasteiger partial charge in [0.1, 0.15) is 0 Å². The van der Waals surface area contributed by atoms with Crippen molar-refractivity contribution in [1.29, 1.82) is 0 Å². The van der Waals surface area contributed by atoms with Crippen LogP contribution in [0.25, 0.3) is 0 Å². The fourth-order valence-electron chi connectivity index (χ4n) is 1.68. The first-order chi connectivity index (χ1) is 7.87. The van der Waals surface area contributed by atoms with E-state index in [1.54, 1.807) is 0 Å². The summed E-state index contributed by atoms with van der Waals surface area (Å²) in [5.74, 6) is 0. The summed E-state index contributed by atoms with van der Waals surface area (Å²) in [6.45, 7) is 2.22. The second-order valence-electron chi connectivity index (χ2n) is 3.87. The summed E-state index contributed by atoms with van der Waals surface area (Å²) in [5, 5.41) is 11.3. The summed E-state index contributed by atoms with van der Waals surface area (Å²) in [6.07, 6.45) is -1.68. The summed E-state index contributed by atoms with van der Waals surface area (Å²) < 4.78 is 15.2. The van der Waals surface area contributed by atoms with Gasteiger partial charge >= 0.3 is 13.8 Å². The van der Waals surface area contributed by atoms with Crippen LogP contribution in [0.1, 0.15) is 6.42 Å². The van der Waals surface area contributed by atoms with Gasteiger partial charge in [0, 0.05) is 19.6 Å². The number of nitrogens with one attached hydrogen (secondary N) is 1. The molecule has 1 aliphatic heterocycles. The van der Waals surface area contributed by atoms with Crippen LogP contribution in [-0.4, -0.2) is 64.5 Å². The van der Waals surface area contributed by atoms with Crippen LogP contribution in [0.15, 0.2) is 0 Å². The lowest BCUT2D eigenvalue weighted by Gasteiger charge is -2.32. The largest absolute Gasteiger partial charge is 0.507 e. The number of piperazine rings is 1. The maximum atomic E-state index is 10.6. The molecule has 0 aromatic carbocycles. The van der Waals surface area contributed by atoms with E-state index in [1.807, 2.05) is 4.90 Å². The molecule has 17 heavy (non-hydrogen) atoms. The van der Waals surface area contributed by atoms with Gasteiger partial charge in [-0.1, -0.05) is 0 Å². The molecule has 4 N–H and O–H groups in total. The highest BCUT2D eigenvalue weighted by Crippen LogP contribution is 2.34. The van der Waals surface area contributed by atoms with Gasteiger partial charge in [0.15, 0.2) is 6.23 Å². The Labute approximate surface area is 98.7 Å². The van der Waals surface area contributed by atoms with Crippen molar-refractivity contribution in [3.8, 4) is 0 Å². The Balaban J connectivity index is 2.25. The third kappa shape index (κ3) is 6.60. The molecule has 1 unspecified atom stereocenters. The van der Waals surface area contributed by atoms with Crippen LogP contribution in [0.2, 0.25) is 0 Å². The number of rotatable bonds is 5. The molecule has 1 atom stereocenters. The summed E-state index contributed by atoms with van der Waals surface area (Å²) in [4.78, 5) is 29.6. The van der Waals surface area contributed by atoms with Crippen molar-refractivity contribution < 1.29 is 29.0 Å². The van der Waals surface area contributed by atoms with Gasteiger partial charge in [-0.05, 0) is 13.0 Å². The second-order valence-corrected chi connectivity index (χ2v) is 5.65. The lowest BCUT2D eigenvalue weighted by molar-refractivity contribution is 0.00252. The molecule has 1 fully saturated rings. The highest BCUT2D eigenvalue weighted by Gasteiger charge is 2.22. The first-order valence-electron chi connectivity index (χ1n) is 5.27. The number of hydrogen-bond acceptors (Lipinski definition) is 5. The van der Waals surface area contributed by atoms with Gasteiger partial charge in [-0.3, -0.25) is 14.8 Å². The average molecular weight is 268 g/mol. The predicted molar refractivity (Wildman–Crippen MR) is 58.9 cm³/mol. The summed E-state index contributed by atoms with van der Waals surface area (Å²) in [6, 6.07) is 0. The third-order valence-electron chi connectivity index (χ3n) is 2.39. The van der Waals surface area contributed by atoms with Crippen molar-refractivity contribution in [2.24, 2.45) is 0 Å². The number of nitrogens with zero attached hydrogens (tertiary/aromatic N) is 1. The average Bonchev–Trinajstić information content (AvgIpc) is 2.15. The fourth-order valence-corrected chi connectivity index (χ4v) is 2.23. The van der Waals surface area contributed by atoms with Gasteiger partial charge in [0.2, 0.25) is 0 Å². The molecule has 0 radical (unpaired) electrons. The monoisotopic (exact) mass is 268 g/mol. The van der Waals surface area contributed by atoms with E-state index in [-0.39, 0.29) is 6.16 Å². The minimum Gasteiger partial charge on any atom is -0.450 e. The van der Waals surface area contributed by atoms with E-state index < -0.39 is 20.0 Å². The molecule has 0 saturated carbocycles. The first kappa shape index (κ1) is 14.4. The van der Waals surface area contributed by atoms with Gasteiger partial charge in [-0.25, -0.2) is 4.79 Å². The van der Waals surface area contributed by atoms with Crippen molar-refractivity contribution in [3.63, 3.8) is 0 Å². The number of carbonyl (C=O) groups is 1. The Morgan fingerprint density at radius 1 is 1.53 bits per heavy atom. The molecule has 0 aliphatic carbocycles. The highest BCUT2D eigenvalue weighted by atomic mass is 31.2. The van der Waals surface area contributed by atoms with Gasteiger partial charge in [0.05, 0.1) is 6.16 Å². The molecule has 0 amide bonds. The molecule has 0 spiro atoms. The van der Waals surface area contributed by atoms with Crippen LogP contribution in [0.3, 0.4) is 0 Å². The van der Waals surface area contributed by atoms with Crippen molar-refractivity contribution >= 4 is 13.8 Å². The topological polar surface area (TPSA) is 119 Å². The van der Waals surface area contributed by atoms with Gasteiger partial charge < -0.3 is 19.6 Å². The fraction of sp³-hybridized carbons (Fsp3) is 0.875. The van der Waals surface area contributed by atoms with Crippen molar-refractivity contribution in [2.75, 3.05) is 32.3 Å². The number of ether oxygens (including phenoxy) is 1. The highest BCUT2D eigenvalue weighted by molar-refractivity contribution is 7.51. The lowest BCUT2D eigenvalue weighted by atomic mass is 10.3. The van der Waals surface area contributed by atoms with E-state index in [0.717, 1.165) is 0 Å². The predicted octanol–water partition coefficient (Wildman–Crippen LogP) is -0.520. The molecule has 0 aromatic heterocycles. The quantitative estimate of drug-likeness (QED) is 0.388. The minimum atomic E-state index is -3.94. The van der Waals surface area contributed by atoms with Crippen molar-refractivity contribution in [2.45, 2.75) is 12.6 Å². The molecule has 1 heterocycles. The smallest absolute Gasteiger partial charge is 0.450 e. The summed E-state index contributed by atoms with van der Waals surface area (Å²) in [5.41, 5.74) is 0. The summed E-state index contributed by atoms with van der Waals surface area (Å²) in [7, 11) is -3.94. The van der Waals surface area contributed by atoms with E-state index in [2.05, 4.69) is 10.1 Å². The Hall–Kier alpha value is -0.660. The first-order valence-corrected chi connectivity index (χ1v) is 7.06. The SMILES string of the molecule is O=C(O)OC1CN(CCCP(=O)(O)O)CCN1. The van der Waals surface area contributed by atoms with Gasteiger partial charge in [0.25, 0.3) is 0 Å². The molecule has 8 nitrogen and oxygen atoms in total. The zero-order valence-electron chi connectivity index (χ0n) is 9.28. The molecule has 1 rings (SSSR count). The van der Waals surface area contributed by atoms with Crippen molar-refractivity contribution in [1.82, 2.24) is 10.2 Å². The Morgan fingerprint density at radius 3 is 2.82 bits per heavy atom. The maximum absolute atomic E-state index is 10.6. The molecule has 0 bridgehead atoms. The molecule has 0 aromatic rings. The van der Waals surface area contributed by atoms with E-state index in [9.17, 15) is 9.36 Å². The van der Waals surface area contributed by atoms with Crippen LogP contribution >= 0.6 is 7.60 Å². The summed E-state index contributed by atoms with van der Waals surface area (Å²) >= 11 is 0. The molecule has 1 aliphatic rings. The van der Waals surface area contributed by atoms with E-state index >= 15 is 0 Å². The Morgan fingerprint density at radius 2 is 2.24 bits per heavy atom. The zero-order chi connectivity index (χ0) is 12.9. The van der Waals surface area contributed by atoms with Gasteiger partial charge in [-0.2, -0.15) is 0 Å². The molecular weight excluding hydrogens is 251 g/mol. The standard InChI is InChI=1S/C8H17N2O6P/c11-8(12)16-7-6-10(4-2-9-7)3-1-5-17(13,14)15/h7,9H,1-6H2,(H,11,12)(H2,13,14,15). The Bertz CT molecular complexity index is 306.